The highest BCUT2D eigenvalue weighted by molar-refractivity contribution is 7.99. The van der Waals surface area contributed by atoms with Gasteiger partial charge in [-0.25, -0.2) is 15.0 Å². The van der Waals surface area contributed by atoms with Crippen molar-refractivity contribution in [1.29, 1.82) is 0 Å². The number of phenols is 1. The first-order chi connectivity index (χ1) is 14.4. The summed E-state index contributed by atoms with van der Waals surface area (Å²) in [4.78, 5) is 14.6. The van der Waals surface area contributed by atoms with Crippen LogP contribution in [0.25, 0.3) is 22.6 Å². The molecule has 2 aromatic carbocycles. The van der Waals surface area contributed by atoms with Crippen LogP contribution in [0.3, 0.4) is 0 Å². The summed E-state index contributed by atoms with van der Waals surface area (Å²) in [6.07, 6.45) is 3.53. The van der Waals surface area contributed by atoms with Crippen LogP contribution in [0.1, 0.15) is 26.3 Å². The number of aromatic hydroxyl groups is 1. The second kappa shape index (κ2) is 8.28. The van der Waals surface area contributed by atoms with E-state index in [9.17, 15) is 5.11 Å². The lowest BCUT2D eigenvalue weighted by Crippen LogP contribution is -2.11. The van der Waals surface area contributed by atoms with Crippen molar-refractivity contribution in [2.75, 3.05) is 0 Å². The van der Waals surface area contributed by atoms with Gasteiger partial charge in [-0.2, -0.15) is 0 Å². The molecule has 0 saturated carbocycles. The minimum Gasteiger partial charge on any atom is -0.507 e. The van der Waals surface area contributed by atoms with E-state index in [0.717, 1.165) is 26.7 Å². The highest BCUT2D eigenvalue weighted by atomic mass is 32.2. The number of pyridine rings is 1. The second-order valence-corrected chi connectivity index (χ2v) is 9.11. The van der Waals surface area contributed by atoms with E-state index in [4.69, 9.17) is 4.98 Å². The van der Waals surface area contributed by atoms with Crippen molar-refractivity contribution < 1.29 is 5.11 Å². The number of nitrogens with zero attached hydrogens (tertiary/aromatic N) is 3. The maximum absolute atomic E-state index is 10.9. The van der Waals surface area contributed by atoms with Gasteiger partial charge in [0.1, 0.15) is 10.8 Å². The predicted molar refractivity (Wildman–Crippen MR) is 122 cm³/mol. The quantitative estimate of drug-likeness (QED) is 0.422. The number of rotatable bonds is 4. The normalized spacial score (nSPS) is 11.4. The van der Waals surface area contributed by atoms with E-state index in [-0.39, 0.29) is 11.2 Å². The molecule has 0 atom stereocenters. The van der Waals surface area contributed by atoms with E-state index < -0.39 is 0 Å². The Kier molecular flexibility index (Phi) is 5.55. The Balaban J connectivity index is 1.69. The van der Waals surface area contributed by atoms with E-state index >= 15 is 0 Å². The SMILES string of the molecule is CC(C)(C)c1cccc(-c2nccc(-c3cccc(Sc4ccccn4)c3)n2)c1O. The van der Waals surface area contributed by atoms with E-state index in [2.05, 4.69) is 42.9 Å². The third kappa shape index (κ3) is 4.36. The van der Waals surface area contributed by atoms with Crippen LogP contribution in [-0.2, 0) is 5.41 Å². The van der Waals surface area contributed by atoms with Crippen molar-refractivity contribution in [1.82, 2.24) is 15.0 Å². The van der Waals surface area contributed by atoms with Gasteiger partial charge in [-0.3, -0.25) is 0 Å². The summed E-state index contributed by atoms with van der Waals surface area (Å²) in [5, 5.41) is 11.8. The molecule has 2 heterocycles. The van der Waals surface area contributed by atoms with E-state index in [1.54, 1.807) is 24.2 Å². The Bertz CT molecular complexity index is 1170. The highest BCUT2D eigenvalue weighted by Crippen LogP contribution is 2.37. The minimum atomic E-state index is -0.172. The summed E-state index contributed by atoms with van der Waals surface area (Å²) in [5.41, 5.74) is 3.15. The molecule has 0 saturated heterocycles. The Morgan fingerprint density at radius 2 is 1.67 bits per heavy atom. The first-order valence-electron chi connectivity index (χ1n) is 9.77. The zero-order valence-electron chi connectivity index (χ0n) is 17.2. The fraction of sp³-hybridized carbons (Fsp3) is 0.160. The molecule has 0 fully saturated rings. The van der Waals surface area contributed by atoms with Crippen molar-refractivity contribution in [3.8, 4) is 28.4 Å². The molecule has 4 nitrogen and oxygen atoms in total. The lowest BCUT2D eigenvalue weighted by Gasteiger charge is -2.21. The average molecular weight is 414 g/mol. The summed E-state index contributed by atoms with van der Waals surface area (Å²) >= 11 is 1.61. The molecule has 0 bridgehead atoms. The number of hydrogen-bond donors (Lipinski definition) is 1. The van der Waals surface area contributed by atoms with Gasteiger partial charge in [0.25, 0.3) is 0 Å². The van der Waals surface area contributed by atoms with Crippen LogP contribution in [0.4, 0.5) is 0 Å². The number of benzene rings is 2. The molecule has 0 unspecified atom stereocenters. The van der Waals surface area contributed by atoms with Crippen molar-refractivity contribution in [3.05, 3.63) is 84.7 Å². The molecule has 0 amide bonds. The first kappa shape index (κ1) is 20.1. The first-order valence-corrected chi connectivity index (χ1v) is 10.6. The molecule has 0 aliphatic heterocycles. The molecule has 0 aliphatic rings. The molecule has 0 spiro atoms. The maximum Gasteiger partial charge on any atom is 0.163 e. The number of hydrogen-bond acceptors (Lipinski definition) is 5. The van der Waals surface area contributed by atoms with Crippen molar-refractivity contribution >= 4 is 11.8 Å². The third-order valence-corrected chi connectivity index (χ3v) is 5.67. The van der Waals surface area contributed by atoms with Crippen molar-refractivity contribution in [2.45, 2.75) is 36.1 Å². The van der Waals surface area contributed by atoms with Gasteiger partial charge in [0.05, 0.1) is 11.3 Å². The fourth-order valence-electron chi connectivity index (χ4n) is 3.23. The number of aromatic nitrogens is 3. The Morgan fingerprint density at radius 1 is 0.833 bits per heavy atom. The Labute approximate surface area is 181 Å². The zero-order chi connectivity index (χ0) is 21.1. The molecule has 1 N–H and O–H groups in total. The van der Waals surface area contributed by atoms with Gasteiger partial charge in [-0.05, 0) is 47.4 Å². The summed E-state index contributed by atoms with van der Waals surface area (Å²) in [5.74, 6) is 0.750. The second-order valence-electron chi connectivity index (χ2n) is 8.02. The molecule has 2 aromatic heterocycles. The van der Waals surface area contributed by atoms with E-state index in [1.165, 1.54) is 0 Å². The van der Waals surface area contributed by atoms with Crippen LogP contribution in [0.5, 0.6) is 5.75 Å². The lowest BCUT2D eigenvalue weighted by molar-refractivity contribution is 0.448. The van der Waals surface area contributed by atoms with Gasteiger partial charge in [-0.15, -0.1) is 0 Å². The molecular weight excluding hydrogens is 390 g/mol. The number of para-hydroxylation sites is 1. The Morgan fingerprint density at radius 3 is 2.43 bits per heavy atom. The van der Waals surface area contributed by atoms with Crippen LogP contribution in [0, 0.1) is 0 Å². The summed E-state index contributed by atoms with van der Waals surface area (Å²) in [6.45, 7) is 6.23. The van der Waals surface area contributed by atoms with Gasteiger partial charge >= 0.3 is 0 Å². The smallest absolute Gasteiger partial charge is 0.163 e. The van der Waals surface area contributed by atoms with Crippen molar-refractivity contribution in [2.24, 2.45) is 0 Å². The standard InChI is InChI=1S/C25H23N3OS/c1-25(2,3)20-11-7-10-19(23(20)29)24-27-15-13-21(28-24)17-8-6-9-18(16-17)30-22-12-4-5-14-26-22/h4-16,29H,1-3H3. The predicted octanol–water partition coefficient (Wildman–Crippen LogP) is 6.36. The fourth-order valence-corrected chi connectivity index (χ4v) is 4.06. The monoisotopic (exact) mass is 413 g/mol. The Hall–Kier alpha value is -3.18. The van der Waals surface area contributed by atoms with Gasteiger partial charge in [0.2, 0.25) is 0 Å². The van der Waals surface area contributed by atoms with Gasteiger partial charge in [-0.1, -0.05) is 62.9 Å². The summed E-state index contributed by atoms with van der Waals surface area (Å²) in [7, 11) is 0. The highest BCUT2D eigenvalue weighted by Gasteiger charge is 2.21. The molecule has 0 radical (unpaired) electrons. The van der Waals surface area contributed by atoms with Gasteiger partial charge in [0, 0.05) is 22.9 Å². The molecular formula is C25H23N3OS. The molecule has 30 heavy (non-hydrogen) atoms. The number of phenolic OH excluding ortho intramolecular Hbond substituents is 1. The molecule has 4 aromatic rings. The van der Waals surface area contributed by atoms with E-state index in [1.807, 2.05) is 54.6 Å². The zero-order valence-corrected chi connectivity index (χ0v) is 18.0. The summed E-state index contributed by atoms with van der Waals surface area (Å²) < 4.78 is 0. The van der Waals surface area contributed by atoms with Crippen LogP contribution in [0.15, 0.2) is 89.0 Å². The van der Waals surface area contributed by atoms with Gasteiger partial charge < -0.3 is 5.11 Å². The maximum atomic E-state index is 10.9. The van der Waals surface area contributed by atoms with Crippen LogP contribution < -0.4 is 0 Å². The minimum absolute atomic E-state index is 0.172. The van der Waals surface area contributed by atoms with Crippen LogP contribution in [0.2, 0.25) is 0 Å². The van der Waals surface area contributed by atoms with Crippen LogP contribution in [-0.4, -0.2) is 20.1 Å². The van der Waals surface area contributed by atoms with Crippen molar-refractivity contribution in [3.63, 3.8) is 0 Å². The molecule has 0 aliphatic carbocycles. The molecule has 4 rings (SSSR count). The third-order valence-electron chi connectivity index (χ3n) is 4.73. The lowest BCUT2D eigenvalue weighted by atomic mass is 9.85. The van der Waals surface area contributed by atoms with Gasteiger partial charge in [0.15, 0.2) is 5.82 Å². The van der Waals surface area contributed by atoms with Crippen LogP contribution >= 0.6 is 11.8 Å². The van der Waals surface area contributed by atoms with E-state index in [0.29, 0.717) is 11.4 Å². The molecule has 150 valence electrons. The average Bonchev–Trinajstić information content (AvgIpc) is 2.74. The summed E-state index contributed by atoms with van der Waals surface area (Å²) in [6, 6.07) is 21.7. The topological polar surface area (TPSA) is 58.9 Å². The molecule has 5 heteroatoms. The largest absolute Gasteiger partial charge is 0.507 e.